The molecular weight excluding hydrogens is 496 g/mol. The fraction of sp³-hybridized carbons (Fsp3) is 0.103. The van der Waals surface area contributed by atoms with Crippen LogP contribution in [0, 0.1) is 0 Å². The molecule has 0 amide bonds. The van der Waals surface area contributed by atoms with Crippen LogP contribution in [0.4, 0.5) is 11.6 Å². The third-order valence-corrected chi connectivity index (χ3v) is 6.49. The second kappa shape index (κ2) is 9.82. The van der Waals surface area contributed by atoms with Gasteiger partial charge in [0, 0.05) is 23.5 Å². The monoisotopic (exact) mass is 520 g/mol. The SMILES string of the molecule is COc1ccc(Nc2ncc3c4[nH]ncc4c(=O)n(-c4cccc(-c5ccc(OC)cc5OC)c4)c3n2)cc1. The second-order valence-electron chi connectivity index (χ2n) is 8.70. The van der Waals surface area contributed by atoms with Crippen LogP contribution in [0.3, 0.4) is 0 Å². The standard InChI is InChI=1S/C29H24N6O4/c1-37-20-9-7-18(8-10-20)32-29-30-15-23-26-24(16-31-34-26)28(36)35(27(23)33-29)19-6-4-5-17(13-19)22-12-11-21(38-2)14-25(22)39-3/h4-16H,1-3H3,(H,31,34)(H,30,32,33). The molecule has 0 unspecified atom stereocenters. The number of fused-ring (bicyclic) bond motifs is 3. The highest BCUT2D eigenvalue weighted by atomic mass is 16.5. The smallest absolute Gasteiger partial charge is 0.267 e. The van der Waals surface area contributed by atoms with Crippen LogP contribution >= 0.6 is 0 Å². The fourth-order valence-electron chi connectivity index (χ4n) is 4.54. The molecule has 0 fully saturated rings. The first-order chi connectivity index (χ1) is 19.1. The fourth-order valence-corrected chi connectivity index (χ4v) is 4.54. The van der Waals surface area contributed by atoms with E-state index in [4.69, 9.17) is 19.2 Å². The van der Waals surface area contributed by atoms with Crippen LogP contribution in [0.25, 0.3) is 38.8 Å². The number of hydrogen-bond acceptors (Lipinski definition) is 8. The molecule has 39 heavy (non-hydrogen) atoms. The van der Waals surface area contributed by atoms with E-state index in [1.54, 1.807) is 32.1 Å². The molecule has 3 heterocycles. The van der Waals surface area contributed by atoms with Gasteiger partial charge in [0.2, 0.25) is 5.95 Å². The number of ether oxygens (including phenoxy) is 3. The molecule has 194 valence electrons. The maximum atomic E-state index is 13.8. The van der Waals surface area contributed by atoms with Gasteiger partial charge in [-0.25, -0.2) is 4.98 Å². The Kier molecular flexibility index (Phi) is 6.04. The average molecular weight is 521 g/mol. The van der Waals surface area contributed by atoms with Gasteiger partial charge in [0.05, 0.1) is 49.5 Å². The van der Waals surface area contributed by atoms with Gasteiger partial charge in [0.1, 0.15) is 17.2 Å². The summed E-state index contributed by atoms with van der Waals surface area (Å²) in [4.78, 5) is 23.0. The number of aromatic amines is 1. The number of nitrogens with one attached hydrogen (secondary N) is 2. The molecular formula is C29H24N6O4. The normalized spacial score (nSPS) is 11.1. The Morgan fingerprint density at radius 3 is 2.41 bits per heavy atom. The summed E-state index contributed by atoms with van der Waals surface area (Å²) in [6.07, 6.45) is 3.20. The summed E-state index contributed by atoms with van der Waals surface area (Å²) in [5, 5.41) is 11.3. The topological polar surface area (TPSA) is 116 Å². The number of nitrogens with zero attached hydrogens (tertiary/aromatic N) is 4. The molecule has 0 aliphatic carbocycles. The van der Waals surface area contributed by atoms with Crippen LogP contribution in [0.15, 0.2) is 83.9 Å². The number of H-pyrrole nitrogens is 1. The molecule has 0 aliphatic rings. The van der Waals surface area contributed by atoms with Gasteiger partial charge >= 0.3 is 0 Å². The van der Waals surface area contributed by atoms with Crippen molar-refractivity contribution >= 4 is 33.6 Å². The van der Waals surface area contributed by atoms with Gasteiger partial charge in [-0.05, 0) is 54.1 Å². The maximum absolute atomic E-state index is 13.8. The van der Waals surface area contributed by atoms with Crippen LogP contribution in [-0.2, 0) is 0 Å². The summed E-state index contributed by atoms with van der Waals surface area (Å²) >= 11 is 0. The molecule has 10 nitrogen and oxygen atoms in total. The van der Waals surface area contributed by atoms with E-state index in [1.165, 1.54) is 6.20 Å². The summed E-state index contributed by atoms with van der Waals surface area (Å²) in [5.41, 5.74) is 3.90. The molecule has 6 aromatic rings. The number of hydrogen-bond donors (Lipinski definition) is 2. The minimum Gasteiger partial charge on any atom is -0.497 e. The quantitative estimate of drug-likeness (QED) is 0.299. The molecule has 0 saturated carbocycles. The molecule has 0 radical (unpaired) electrons. The average Bonchev–Trinajstić information content (AvgIpc) is 3.48. The van der Waals surface area contributed by atoms with Crippen LogP contribution in [0.2, 0.25) is 0 Å². The zero-order chi connectivity index (χ0) is 26.9. The zero-order valence-electron chi connectivity index (χ0n) is 21.4. The van der Waals surface area contributed by atoms with Gasteiger partial charge < -0.3 is 19.5 Å². The molecule has 0 spiro atoms. The summed E-state index contributed by atoms with van der Waals surface area (Å²) in [7, 11) is 4.84. The lowest BCUT2D eigenvalue weighted by Crippen LogP contribution is -2.20. The number of benzene rings is 3. The minimum absolute atomic E-state index is 0.251. The summed E-state index contributed by atoms with van der Waals surface area (Å²) < 4.78 is 17.8. The van der Waals surface area contributed by atoms with Crippen LogP contribution in [0.1, 0.15) is 0 Å². The zero-order valence-corrected chi connectivity index (χ0v) is 21.4. The van der Waals surface area contributed by atoms with Crippen molar-refractivity contribution in [3.05, 3.63) is 89.5 Å². The Balaban J connectivity index is 1.52. The molecule has 0 bridgehead atoms. The van der Waals surface area contributed by atoms with Gasteiger partial charge in [-0.2, -0.15) is 10.1 Å². The van der Waals surface area contributed by atoms with Crippen LogP contribution in [-0.4, -0.2) is 46.1 Å². The van der Waals surface area contributed by atoms with Crippen molar-refractivity contribution in [1.82, 2.24) is 24.7 Å². The summed E-state index contributed by atoms with van der Waals surface area (Å²) in [6, 6.07) is 20.7. The highest BCUT2D eigenvalue weighted by Gasteiger charge is 2.17. The molecule has 3 aromatic heterocycles. The highest BCUT2D eigenvalue weighted by Crippen LogP contribution is 2.34. The van der Waals surface area contributed by atoms with E-state index >= 15 is 0 Å². The first-order valence-corrected chi connectivity index (χ1v) is 12.1. The molecule has 3 aromatic carbocycles. The lowest BCUT2D eigenvalue weighted by molar-refractivity contribution is 0.395. The van der Waals surface area contributed by atoms with Gasteiger partial charge in [-0.3, -0.25) is 14.5 Å². The third-order valence-electron chi connectivity index (χ3n) is 6.49. The van der Waals surface area contributed by atoms with E-state index < -0.39 is 0 Å². The van der Waals surface area contributed by atoms with Gasteiger partial charge in [0.25, 0.3) is 5.56 Å². The van der Waals surface area contributed by atoms with Gasteiger partial charge in [-0.1, -0.05) is 12.1 Å². The number of aromatic nitrogens is 5. The number of anilines is 2. The summed E-state index contributed by atoms with van der Waals surface area (Å²) in [6.45, 7) is 0. The van der Waals surface area contributed by atoms with Gasteiger partial charge in [-0.15, -0.1) is 0 Å². The van der Waals surface area contributed by atoms with E-state index in [1.807, 2.05) is 66.7 Å². The largest absolute Gasteiger partial charge is 0.497 e. The molecule has 10 heteroatoms. The first kappa shape index (κ1) is 24.0. The van der Waals surface area contributed by atoms with E-state index in [0.717, 1.165) is 22.6 Å². The van der Waals surface area contributed by atoms with E-state index in [-0.39, 0.29) is 5.56 Å². The van der Waals surface area contributed by atoms with Crippen molar-refractivity contribution in [3.8, 4) is 34.1 Å². The number of methoxy groups -OCH3 is 3. The lowest BCUT2D eigenvalue weighted by atomic mass is 10.0. The van der Waals surface area contributed by atoms with Crippen molar-refractivity contribution in [3.63, 3.8) is 0 Å². The van der Waals surface area contributed by atoms with Crippen LogP contribution in [0.5, 0.6) is 17.2 Å². The Morgan fingerprint density at radius 1 is 0.846 bits per heavy atom. The van der Waals surface area contributed by atoms with Crippen molar-refractivity contribution in [2.75, 3.05) is 26.6 Å². The maximum Gasteiger partial charge on any atom is 0.267 e. The highest BCUT2D eigenvalue weighted by molar-refractivity contribution is 6.02. The molecule has 0 saturated heterocycles. The van der Waals surface area contributed by atoms with Crippen molar-refractivity contribution < 1.29 is 14.2 Å². The summed E-state index contributed by atoms with van der Waals surface area (Å²) in [5.74, 6) is 2.42. The van der Waals surface area contributed by atoms with Crippen molar-refractivity contribution in [2.24, 2.45) is 0 Å². The molecule has 0 atom stereocenters. The Hall–Kier alpha value is -5.38. The van der Waals surface area contributed by atoms with Crippen LogP contribution < -0.4 is 25.1 Å². The third kappa shape index (κ3) is 4.27. The predicted molar refractivity (Wildman–Crippen MR) is 150 cm³/mol. The Bertz CT molecular complexity index is 1880. The minimum atomic E-state index is -0.251. The van der Waals surface area contributed by atoms with E-state index in [0.29, 0.717) is 45.1 Å². The van der Waals surface area contributed by atoms with E-state index in [9.17, 15) is 4.79 Å². The molecule has 6 rings (SSSR count). The van der Waals surface area contributed by atoms with E-state index in [2.05, 4.69) is 20.5 Å². The molecule has 0 aliphatic heterocycles. The first-order valence-electron chi connectivity index (χ1n) is 12.1. The van der Waals surface area contributed by atoms with Gasteiger partial charge in [0.15, 0.2) is 5.65 Å². The number of pyridine rings is 1. The van der Waals surface area contributed by atoms with Crippen molar-refractivity contribution in [1.29, 1.82) is 0 Å². The van der Waals surface area contributed by atoms with Crippen molar-refractivity contribution in [2.45, 2.75) is 0 Å². The molecule has 2 N–H and O–H groups in total. The Morgan fingerprint density at radius 2 is 1.64 bits per heavy atom. The second-order valence-corrected chi connectivity index (χ2v) is 8.70. The number of rotatable bonds is 7. The Labute approximate surface area is 222 Å². The predicted octanol–water partition coefficient (Wildman–Crippen LogP) is 5.09. The lowest BCUT2D eigenvalue weighted by Gasteiger charge is -2.14.